The smallest absolute Gasteiger partial charge is 0.309 e. The average molecular weight is 419 g/mol. The normalized spacial score (nSPS) is 47.2. The van der Waals surface area contributed by atoms with Gasteiger partial charge in [-0.25, -0.2) is 0 Å². The van der Waals surface area contributed by atoms with Gasteiger partial charge in [-0.2, -0.15) is 0 Å². The molecule has 3 fully saturated rings. The molecule has 3 N–H and O–H groups in total. The van der Waals surface area contributed by atoms with Crippen LogP contribution in [0.2, 0.25) is 0 Å². The Balaban J connectivity index is 1.89. The predicted octanol–water partition coefficient (Wildman–Crippen LogP) is 4.30. The van der Waals surface area contributed by atoms with Gasteiger partial charge in [0.1, 0.15) is 0 Å². The molecule has 0 aromatic carbocycles. The fraction of sp³-hybridized carbons (Fsp3) is 0.792. The molecule has 5 aliphatic carbocycles. The van der Waals surface area contributed by atoms with Crippen LogP contribution in [-0.4, -0.2) is 33.2 Å². The molecule has 6 heteroatoms. The van der Waals surface area contributed by atoms with E-state index in [-0.39, 0.29) is 29.1 Å². The van der Waals surface area contributed by atoms with Crippen LogP contribution in [0.25, 0.3) is 0 Å². The van der Waals surface area contributed by atoms with Crippen LogP contribution in [0, 0.1) is 51.8 Å². The largest absolute Gasteiger partial charge is 0.481 e. The van der Waals surface area contributed by atoms with Crippen molar-refractivity contribution in [3.63, 3.8) is 0 Å². The van der Waals surface area contributed by atoms with Crippen molar-refractivity contribution < 1.29 is 29.7 Å². The van der Waals surface area contributed by atoms with Crippen LogP contribution in [0.15, 0.2) is 11.6 Å². The van der Waals surface area contributed by atoms with Crippen LogP contribution in [-0.2, 0) is 14.4 Å². The quantitative estimate of drug-likeness (QED) is 0.587. The van der Waals surface area contributed by atoms with Crippen molar-refractivity contribution in [1.82, 2.24) is 0 Å². The fourth-order valence-electron chi connectivity index (χ4n) is 8.56. The summed E-state index contributed by atoms with van der Waals surface area (Å²) in [5.41, 5.74) is -0.709. The Bertz CT molecular complexity index is 830. The second-order valence-electron chi connectivity index (χ2n) is 11.2. The van der Waals surface area contributed by atoms with E-state index in [9.17, 15) is 29.7 Å². The highest BCUT2D eigenvalue weighted by Gasteiger charge is 2.71. The first kappa shape index (κ1) is 21.4. The second-order valence-corrected chi connectivity index (χ2v) is 11.2. The van der Waals surface area contributed by atoms with E-state index in [0.29, 0.717) is 25.7 Å². The fourth-order valence-corrected chi connectivity index (χ4v) is 8.56. The molecule has 166 valence electrons. The Morgan fingerprint density at radius 2 is 1.67 bits per heavy atom. The summed E-state index contributed by atoms with van der Waals surface area (Å²) in [6, 6.07) is 0. The molecule has 5 rings (SSSR count). The van der Waals surface area contributed by atoms with Gasteiger partial charge >= 0.3 is 17.9 Å². The molecule has 30 heavy (non-hydrogen) atoms. The number of rotatable bonds is 4. The number of carboxylic acids is 3. The topological polar surface area (TPSA) is 112 Å². The maximum absolute atomic E-state index is 12.5. The molecule has 0 saturated heterocycles. The average Bonchev–Trinajstić information content (AvgIpc) is 2.65. The summed E-state index contributed by atoms with van der Waals surface area (Å²) >= 11 is 0. The van der Waals surface area contributed by atoms with Gasteiger partial charge in [0.15, 0.2) is 0 Å². The molecule has 8 atom stereocenters. The summed E-state index contributed by atoms with van der Waals surface area (Å²) in [7, 11) is 0. The van der Waals surface area contributed by atoms with Crippen LogP contribution in [0.4, 0.5) is 0 Å². The van der Waals surface area contributed by atoms with E-state index in [0.717, 1.165) is 18.4 Å². The summed E-state index contributed by atoms with van der Waals surface area (Å²) in [4.78, 5) is 37.0. The number of hydrogen-bond donors (Lipinski definition) is 3. The van der Waals surface area contributed by atoms with Gasteiger partial charge in [-0.3, -0.25) is 14.4 Å². The van der Waals surface area contributed by atoms with Crippen molar-refractivity contribution in [2.75, 3.05) is 0 Å². The van der Waals surface area contributed by atoms with Gasteiger partial charge in [0.05, 0.1) is 17.3 Å². The van der Waals surface area contributed by atoms with E-state index in [1.54, 1.807) is 0 Å². The monoisotopic (exact) mass is 418 g/mol. The minimum absolute atomic E-state index is 0.00641. The molecule has 0 aliphatic heterocycles. The highest BCUT2D eigenvalue weighted by Crippen LogP contribution is 2.73. The molecule has 2 bridgehead atoms. The lowest BCUT2D eigenvalue weighted by molar-refractivity contribution is -0.207. The Hall–Kier alpha value is -1.85. The first-order chi connectivity index (χ1) is 13.9. The van der Waals surface area contributed by atoms with Gasteiger partial charge in [0.2, 0.25) is 0 Å². The van der Waals surface area contributed by atoms with Gasteiger partial charge in [-0.1, -0.05) is 38.8 Å². The maximum Gasteiger partial charge on any atom is 0.309 e. The molecule has 6 nitrogen and oxygen atoms in total. The number of allylic oxidation sites excluding steroid dienone is 2. The number of carbonyl (C=O) groups is 3. The second kappa shape index (κ2) is 6.57. The van der Waals surface area contributed by atoms with Gasteiger partial charge in [-0.05, 0) is 68.1 Å². The standard InChI is InChI=1S/C24H34O6/c1-12(2)14-11-24-9-6-15-22(3,7-5-8-23(15,4)21(29)30)16(24)10-13(14)17(19(25)26)18(24)20(27)28/h11-13,15-18H,5-10H2,1-4H3,(H,25,26)(H,27,28)(H,29,30)/t13-,15+,16-,17-,18-,22-,23+,24-/m0/s1. The molecule has 0 radical (unpaired) electrons. The van der Waals surface area contributed by atoms with Crippen molar-refractivity contribution in [1.29, 1.82) is 0 Å². The molecule has 5 aliphatic rings. The highest BCUT2D eigenvalue weighted by atomic mass is 16.4. The van der Waals surface area contributed by atoms with Crippen molar-refractivity contribution in [3.05, 3.63) is 11.6 Å². The predicted molar refractivity (Wildman–Crippen MR) is 110 cm³/mol. The van der Waals surface area contributed by atoms with Crippen LogP contribution >= 0.6 is 0 Å². The molecule has 0 amide bonds. The number of carboxylic acid groups (broad SMARTS) is 3. The van der Waals surface area contributed by atoms with E-state index >= 15 is 0 Å². The number of hydrogen-bond acceptors (Lipinski definition) is 3. The lowest BCUT2D eigenvalue weighted by Crippen LogP contribution is -2.66. The maximum atomic E-state index is 12.5. The van der Waals surface area contributed by atoms with Crippen LogP contribution in [0.1, 0.15) is 66.2 Å². The Kier molecular flexibility index (Phi) is 4.68. The minimum Gasteiger partial charge on any atom is -0.481 e. The van der Waals surface area contributed by atoms with E-state index < -0.39 is 40.6 Å². The zero-order valence-corrected chi connectivity index (χ0v) is 18.4. The Morgan fingerprint density at radius 1 is 1.00 bits per heavy atom. The SMILES string of the molecule is CC(C)C1=C[C@@]23CC[C@@H]4[C@](C)(CCC[C@@]4(C)C(=O)O)[C@@H]2C[C@@H]1[C@H](C(=O)O)[C@H]3C(=O)O. The summed E-state index contributed by atoms with van der Waals surface area (Å²) in [6.45, 7) is 8.15. The summed E-state index contributed by atoms with van der Waals surface area (Å²) in [5, 5.41) is 30.3. The van der Waals surface area contributed by atoms with Crippen LogP contribution < -0.4 is 0 Å². The first-order valence-electron chi connectivity index (χ1n) is 11.3. The van der Waals surface area contributed by atoms with E-state index in [2.05, 4.69) is 26.8 Å². The zero-order valence-electron chi connectivity index (χ0n) is 18.4. The highest BCUT2D eigenvalue weighted by molar-refractivity contribution is 5.83. The third-order valence-electron chi connectivity index (χ3n) is 9.72. The lowest BCUT2D eigenvalue weighted by atomic mass is 9.34. The van der Waals surface area contributed by atoms with Crippen LogP contribution in [0.5, 0.6) is 0 Å². The number of fused-ring (bicyclic) bond motifs is 2. The van der Waals surface area contributed by atoms with E-state index in [1.807, 2.05) is 6.92 Å². The number of aliphatic carboxylic acids is 3. The lowest BCUT2D eigenvalue weighted by Gasteiger charge is -2.68. The summed E-state index contributed by atoms with van der Waals surface area (Å²) in [6.07, 6.45) is 6.36. The van der Waals surface area contributed by atoms with Gasteiger partial charge < -0.3 is 15.3 Å². The minimum atomic E-state index is -1.02. The molecule has 0 heterocycles. The van der Waals surface area contributed by atoms with E-state index in [1.165, 1.54) is 0 Å². The van der Waals surface area contributed by atoms with Gasteiger partial charge in [0.25, 0.3) is 0 Å². The Labute approximate surface area is 177 Å². The summed E-state index contributed by atoms with van der Waals surface area (Å²) in [5.74, 6) is -4.76. The third-order valence-corrected chi connectivity index (χ3v) is 9.72. The molecular weight excluding hydrogens is 384 g/mol. The van der Waals surface area contributed by atoms with Gasteiger partial charge in [-0.15, -0.1) is 0 Å². The Morgan fingerprint density at radius 3 is 2.20 bits per heavy atom. The molecule has 0 aromatic heterocycles. The van der Waals surface area contributed by atoms with Crippen molar-refractivity contribution in [3.8, 4) is 0 Å². The summed E-state index contributed by atoms with van der Waals surface area (Å²) < 4.78 is 0. The van der Waals surface area contributed by atoms with Gasteiger partial charge in [0, 0.05) is 5.41 Å². The molecule has 3 saturated carbocycles. The van der Waals surface area contributed by atoms with Crippen molar-refractivity contribution >= 4 is 17.9 Å². The molecule has 1 spiro atoms. The molecule has 0 aromatic rings. The zero-order chi connectivity index (χ0) is 22.2. The molecular formula is C24H34O6. The van der Waals surface area contributed by atoms with Crippen LogP contribution in [0.3, 0.4) is 0 Å². The molecule has 0 unspecified atom stereocenters. The van der Waals surface area contributed by atoms with E-state index in [4.69, 9.17) is 0 Å². The van der Waals surface area contributed by atoms with Crippen molar-refractivity contribution in [2.24, 2.45) is 51.8 Å². The third kappa shape index (κ3) is 2.51. The first-order valence-corrected chi connectivity index (χ1v) is 11.3. The van der Waals surface area contributed by atoms with Crippen molar-refractivity contribution in [2.45, 2.75) is 66.2 Å².